The smallest absolute Gasteiger partial charge is 0.199 e. The largest absolute Gasteiger partial charge is 0.489 e. The van der Waals surface area contributed by atoms with Gasteiger partial charge in [-0.2, -0.15) is 0 Å². The number of hydrogen-bond donors (Lipinski definition) is 0. The van der Waals surface area contributed by atoms with Crippen molar-refractivity contribution in [1.82, 2.24) is 0 Å². The van der Waals surface area contributed by atoms with Crippen LogP contribution in [0, 0.1) is 0 Å². The van der Waals surface area contributed by atoms with Gasteiger partial charge >= 0.3 is 0 Å². The Morgan fingerprint density at radius 3 is 1.92 bits per heavy atom. The molecule has 0 bridgehead atoms. The van der Waals surface area contributed by atoms with Crippen molar-refractivity contribution in [2.24, 2.45) is 0 Å². The molecular weight excluding hydrogens is 456 g/mol. The van der Waals surface area contributed by atoms with E-state index in [9.17, 15) is 0 Å². The molecule has 0 radical (unpaired) electrons. The number of hydrogen-bond acceptors (Lipinski definition) is 3. The maximum Gasteiger partial charge on any atom is 0.199 e. The van der Waals surface area contributed by atoms with Gasteiger partial charge in [0.2, 0.25) is 0 Å². The quantitative estimate of drug-likeness (QED) is 0.220. The lowest BCUT2D eigenvalue weighted by Crippen LogP contribution is -2.24. The summed E-state index contributed by atoms with van der Waals surface area (Å²) in [7, 11) is 0. The minimum Gasteiger partial charge on any atom is -0.489 e. The second-order valence-electron chi connectivity index (χ2n) is 9.31. The molecule has 0 spiro atoms. The molecule has 1 heterocycles. The number of benzene rings is 4. The monoisotopic (exact) mass is 490 g/mol. The molecule has 3 nitrogen and oxygen atoms in total. The van der Waals surface area contributed by atoms with Gasteiger partial charge in [-0.3, -0.25) is 0 Å². The Labute approximate surface area is 220 Å². The van der Waals surface area contributed by atoms with Crippen molar-refractivity contribution < 1.29 is 14.2 Å². The molecule has 0 saturated carbocycles. The molecule has 3 heteroatoms. The highest BCUT2D eigenvalue weighted by atomic mass is 16.7. The average molecular weight is 491 g/mol. The minimum absolute atomic E-state index is 0.145. The third kappa shape index (κ3) is 6.49. The molecule has 0 aromatic heterocycles. The van der Waals surface area contributed by atoms with Gasteiger partial charge in [0.15, 0.2) is 6.29 Å². The van der Waals surface area contributed by atoms with Crippen molar-refractivity contribution in [2.45, 2.75) is 45.5 Å². The predicted molar refractivity (Wildman–Crippen MR) is 151 cm³/mol. The molecule has 37 heavy (non-hydrogen) atoms. The molecule has 0 amide bonds. The normalized spacial score (nSPS) is 16.1. The van der Waals surface area contributed by atoms with Gasteiger partial charge in [0, 0.05) is 6.42 Å². The Morgan fingerprint density at radius 2 is 1.32 bits per heavy atom. The van der Waals surface area contributed by atoms with E-state index in [4.69, 9.17) is 14.2 Å². The van der Waals surface area contributed by atoms with Crippen LogP contribution in [0.2, 0.25) is 0 Å². The van der Waals surface area contributed by atoms with Crippen molar-refractivity contribution in [2.75, 3.05) is 6.61 Å². The standard InChI is InChI=1S/C34H34O3/c1-2-32(27-13-7-4-8-14-27)34(29-18-22-31(23-19-29)37-33-15-9-10-24-35-33)28-16-20-30(21-17-28)36-25-26-11-5-3-6-12-26/h3-8,11-14,16-23,33H,2,9-10,15,24-25H2,1H3/b34-32-. The molecule has 4 aromatic rings. The molecule has 0 N–H and O–H groups in total. The van der Waals surface area contributed by atoms with Gasteiger partial charge in [0.1, 0.15) is 18.1 Å². The number of allylic oxidation sites excluding steroid dienone is 1. The van der Waals surface area contributed by atoms with Crippen LogP contribution in [0.15, 0.2) is 109 Å². The summed E-state index contributed by atoms with van der Waals surface area (Å²) in [6.45, 7) is 3.55. The van der Waals surface area contributed by atoms with Gasteiger partial charge in [-0.15, -0.1) is 0 Å². The van der Waals surface area contributed by atoms with Crippen LogP contribution >= 0.6 is 0 Å². The molecule has 0 aliphatic carbocycles. The van der Waals surface area contributed by atoms with Gasteiger partial charge < -0.3 is 14.2 Å². The van der Waals surface area contributed by atoms with Crippen LogP contribution in [-0.4, -0.2) is 12.9 Å². The highest BCUT2D eigenvalue weighted by Gasteiger charge is 2.17. The van der Waals surface area contributed by atoms with Crippen molar-refractivity contribution in [3.63, 3.8) is 0 Å². The average Bonchev–Trinajstić information content (AvgIpc) is 2.97. The fourth-order valence-corrected chi connectivity index (χ4v) is 4.79. The van der Waals surface area contributed by atoms with Crippen LogP contribution in [-0.2, 0) is 11.3 Å². The Hall–Kier alpha value is -3.82. The van der Waals surface area contributed by atoms with Gasteiger partial charge in [-0.1, -0.05) is 91.9 Å². The van der Waals surface area contributed by atoms with Crippen LogP contribution in [0.4, 0.5) is 0 Å². The van der Waals surface area contributed by atoms with Gasteiger partial charge in [-0.25, -0.2) is 0 Å². The second kappa shape index (κ2) is 12.4. The summed E-state index contributed by atoms with van der Waals surface area (Å²) >= 11 is 0. The van der Waals surface area contributed by atoms with Crippen LogP contribution in [0.3, 0.4) is 0 Å². The summed E-state index contributed by atoms with van der Waals surface area (Å²) in [5.74, 6) is 1.71. The Bertz CT molecular complexity index is 1270. The van der Waals surface area contributed by atoms with Crippen LogP contribution in [0.25, 0.3) is 11.1 Å². The topological polar surface area (TPSA) is 27.7 Å². The number of rotatable bonds is 9. The van der Waals surface area contributed by atoms with Crippen molar-refractivity contribution in [3.05, 3.63) is 131 Å². The van der Waals surface area contributed by atoms with Crippen molar-refractivity contribution in [3.8, 4) is 11.5 Å². The maximum absolute atomic E-state index is 6.09. The van der Waals surface area contributed by atoms with Crippen molar-refractivity contribution in [1.29, 1.82) is 0 Å². The van der Waals surface area contributed by atoms with E-state index in [0.29, 0.717) is 6.61 Å². The fraction of sp³-hybridized carbons (Fsp3) is 0.235. The predicted octanol–water partition coefficient (Wildman–Crippen LogP) is 8.54. The van der Waals surface area contributed by atoms with Gasteiger partial charge in [0.25, 0.3) is 0 Å². The Morgan fingerprint density at radius 1 is 0.703 bits per heavy atom. The van der Waals surface area contributed by atoms with E-state index >= 15 is 0 Å². The fourth-order valence-electron chi connectivity index (χ4n) is 4.79. The van der Waals surface area contributed by atoms with Crippen LogP contribution in [0.1, 0.15) is 54.9 Å². The zero-order valence-corrected chi connectivity index (χ0v) is 21.4. The molecule has 1 aliphatic heterocycles. The third-order valence-electron chi connectivity index (χ3n) is 6.72. The van der Waals surface area contributed by atoms with E-state index in [1.807, 2.05) is 18.2 Å². The molecule has 1 aliphatic rings. The maximum atomic E-state index is 6.09. The molecule has 4 aromatic carbocycles. The molecule has 188 valence electrons. The summed E-state index contributed by atoms with van der Waals surface area (Å²) in [5.41, 5.74) is 7.25. The third-order valence-corrected chi connectivity index (χ3v) is 6.72. The first-order valence-corrected chi connectivity index (χ1v) is 13.2. The lowest BCUT2D eigenvalue weighted by Gasteiger charge is -2.23. The van der Waals surface area contributed by atoms with E-state index < -0.39 is 0 Å². The second-order valence-corrected chi connectivity index (χ2v) is 9.31. The summed E-state index contributed by atoms with van der Waals surface area (Å²) in [6, 6.07) is 37.8. The molecule has 1 fully saturated rings. The molecule has 1 atom stereocenters. The minimum atomic E-state index is -0.145. The zero-order chi connectivity index (χ0) is 25.3. The van der Waals surface area contributed by atoms with Crippen LogP contribution in [0.5, 0.6) is 11.5 Å². The Kier molecular flexibility index (Phi) is 8.35. The highest BCUT2D eigenvalue weighted by Crippen LogP contribution is 2.36. The van der Waals surface area contributed by atoms with Gasteiger partial charge in [-0.05, 0) is 76.9 Å². The first-order chi connectivity index (χ1) is 18.3. The molecule has 1 unspecified atom stereocenters. The zero-order valence-electron chi connectivity index (χ0n) is 21.4. The van der Waals surface area contributed by atoms with E-state index in [0.717, 1.165) is 60.5 Å². The van der Waals surface area contributed by atoms with E-state index in [-0.39, 0.29) is 6.29 Å². The molecule has 5 rings (SSSR count). The first kappa shape index (κ1) is 24.9. The molecular formula is C34H34O3. The summed E-state index contributed by atoms with van der Waals surface area (Å²) < 4.78 is 17.9. The SMILES string of the molecule is CC/C(=C(\c1ccc(OCc2ccccc2)cc1)c1ccc(OC2CCCCO2)cc1)c1ccccc1. The Balaban J connectivity index is 1.43. The van der Waals surface area contributed by atoms with Gasteiger partial charge in [0.05, 0.1) is 6.61 Å². The van der Waals surface area contributed by atoms with E-state index in [1.165, 1.54) is 16.7 Å². The van der Waals surface area contributed by atoms with Crippen LogP contribution < -0.4 is 9.47 Å². The van der Waals surface area contributed by atoms with E-state index in [1.54, 1.807) is 0 Å². The summed E-state index contributed by atoms with van der Waals surface area (Å²) in [6.07, 6.45) is 3.98. The first-order valence-electron chi connectivity index (χ1n) is 13.2. The van der Waals surface area contributed by atoms with Crippen molar-refractivity contribution >= 4 is 11.1 Å². The lowest BCUT2D eigenvalue weighted by molar-refractivity contribution is -0.105. The summed E-state index contributed by atoms with van der Waals surface area (Å²) in [4.78, 5) is 0. The summed E-state index contributed by atoms with van der Waals surface area (Å²) in [5, 5.41) is 0. The highest BCUT2D eigenvalue weighted by molar-refractivity contribution is 5.98. The van der Waals surface area contributed by atoms with E-state index in [2.05, 4.69) is 97.9 Å². The number of ether oxygens (including phenoxy) is 3. The lowest BCUT2D eigenvalue weighted by atomic mass is 9.88. The molecule has 1 saturated heterocycles.